The topological polar surface area (TPSA) is 86.8 Å². The number of nitrogens with one attached hydrogen (secondary N) is 1. The van der Waals surface area contributed by atoms with Crippen LogP contribution in [-0.2, 0) is 32.6 Å². The highest BCUT2D eigenvalue weighted by atomic mass is 35.5. The van der Waals surface area contributed by atoms with E-state index in [4.69, 9.17) is 11.6 Å². The molecule has 45 heavy (non-hydrogen) atoms. The maximum Gasteiger partial charge on any atom is 0.264 e. The van der Waals surface area contributed by atoms with E-state index in [0.717, 1.165) is 39.4 Å². The van der Waals surface area contributed by atoms with Crippen molar-refractivity contribution in [1.29, 1.82) is 0 Å². The summed E-state index contributed by atoms with van der Waals surface area (Å²) in [5.74, 6) is -0.799. The Labute approximate surface area is 271 Å². The van der Waals surface area contributed by atoms with Crippen molar-refractivity contribution in [1.82, 2.24) is 10.2 Å². The molecule has 0 aliphatic heterocycles. The van der Waals surface area contributed by atoms with Crippen molar-refractivity contribution in [2.45, 2.75) is 57.5 Å². The standard InChI is InChI=1S/C36H40ClN3O4S/c1-4-5-22-38-36(42)34(24-29-12-8-6-9-13-29)39(25-30-17-19-31(37)20-18-30)35(41)26-40(32-21-16-27(2)28(3)23-32)45(43,44)33-14-10-7-11-15-33/h6-21,23,34H,4-5,22,24-26H2,1-3H3,(H,38,42)/t34-/m1/s1. The smallest absolute Gasteiger partial charge is 0.264 e. The number of sulfonamides is 1. The van der Waals surface area contributed by atoms with Crippen molar-refractivity contribution in [2.75, 3.05) is 17.4 Å². The normalized spacial score (nSPS) is 11.9. The van der Waals surface area contributed by atoms with Crippen LogP contribution in [0.25, 0.3) is 0 Å². The number of carbonyl (C=O) groups is 2. The van der Waals surface area contributed by atoms with Gasteiger partial charge in [0, 0.05) is 24.5 Å². The third-order valence-electron chi connectivity index (χ3n) is 7.76. The Morgan fingerprint density at radius 2 is 1.47 bits per heavy atom. The molecule has 0 bridgehead atoms. The third kappa shape index (κ3) is 8.96. The summed E-state index contributed by atoms with van der Waals surface area (Å²) in [7, 11) is -4.15. The average Bonchev–Trinajstić information content (AvgIpc) is 3.04. The van der Waals surface area contributed by atoms with Gasteiger partial charge in [0.05, 0.1) is 10.6 Å². The molecule has 4 aromatic carbocycles. The Morgan fingerprint density at radius 1 is 0.822 bits per heavy atom. The van der Waals surface area contributed by atoms with E-state index < -0.39 is 28.5 Å². The molecule has 4 aromatic rings. The van der Waals surface area contributed by atoms with E-state index in [1.807, 2.05) is 57.2 Å². The molecular formula is C36H40ClN3O4S. The van der Waals surface area contributed by atoms with Gasteiger partial charge in [-0.15, -0.1) is 0 Å². The summed E-state index contributed by atoms with van der Waals surface area (Å²) in [6, 6.07) is 29.1. The van der Waals surface area contributed by atoms with Gasteiger partial charge in [0.2, 0.25) is 11.8 Å². The van der Waals surface area contributed by atoms with E-state index >= 15 is 0 Å². The summed E-state index contributed by atoms with van der Waals surface area (Å²) in [5, 5.41) is 3.55. The number of benzene rings is 4. The van der Waals surface area contributed by atoms with Crippen molar-refractivity contribution in [3.8, 4) is 0 Å². The van der Waals surface area contributed by atoms with Crippen molar-refractivity contribution in [3.63, 3.8) is 0 Å². The largest absolute Gasteiger partial charge is 0.354 e. The molecule has 0 radical (unpaired) electrons. The number of hydrogen-bond donors (Lipinski definition) is 1. The lowest BCUT2D eigenvalue weighted by atomic mass is 10.0. The number of aryl methyl sites for hydroxylation is 2. The Balaban J connectivity index is 1.79. The van der Waals surface area contributed by atoms with E-state index in [1.54, 1.807) is 54.6 Å². The second-order valence-electron chi connectivity index (χ2n) is 11.1. The van der Waals surface area contributed by atoms with Crippen LogP contribution in [0.2, 0.25) is 5.02 Å². The minimum absolute atomic E-state index is 0.0680. The highest BCUT2D eigenvalue weighted by molar-refractivity contribution is 7.92. The van der Waals surface area contributed by atoms with E-state index in [9.17, 15) is 18.0 Å². The number of anilines is 1. The van der Waals surface area contributed by atoms with Crippen molar-refractivity contribution < 1.29 is 18.0 Å². The van der Waals surface area contributed by atoms with Crippen molar-refractivity contribution in [3.05, 3.63) is 130 Å². The van der Waals surface area contributed by atoms with Crippen LogP contribution in [-0.4, -0.2) is 44.3 Å². The quantitative estimate of drug-likeness (QED) is 0.155. The Bertz CT molecular complexity index is 1680. The van der Waals surface area contributed by atoms with Gasteiger partial charge in [-0.1, -0.05) is 91.7 Å². The van der Waals surface area contributed by atoms with Gasteiger partial charge in [0.15, 0.2) is 0 Å². The number of halogens is 1. The molecule has 0 saturated carbocycles. The summed E-state index contributed by atoms with van der Waals surface area (Å²) in [6.07, 6.45) is 1.96. The van der Waals surface area contributed by atoms with Crippen LogP contribution in [0.5, 0.6) is 0 Å². The summed E-state index contributed by atoms with van der Waals surface area (Å²) < 4.78 is 29.4. The van der Waals surface area contributed by atoms with E-state index in [1.165, 1.54) is 17.0 Å². The molecule has 0 heterocycles. The molecule has 1 atom stereocenters. The molecule has 0 spiro atoms. The van der Waals surface area contributed by atoms with Crippen LogP contribution in [0.1, 0.15) is 42.0 Å². The summed E-state index contributed by atoms with van der Waals surface area (Å²) >= 11 is 6.15. The fourth-order valence-electron chi connectivity index (χ4n) is 4.98. The molecule has 7 nitrogen and oxygen atoms in total. The predicted octanol–water partition coefficient (Wildman–Crippen LogP) is 6.71. The lowest BCUT2D eigenvalue weighted by Gasteiger charge is -2.34. The van der Waals surface area contributed by atoms with Gasteiger partial charge in [-0.2, -0.15) is 0 Å². The number of amides is 2. The monoisotopic (exact) mass is 645 g/mol. The van der Waals surface area contributed by atoms with Crippen LogP contribution in [0.4, 0.5) is 5.69 Å². The molecule has 9 heteroatoms. The van der Waals surface area contributed by atoms with Crippen molar-refractivity contribution >= 4 is 39.1 Å². The number of rotatable bonds is 14. The molecule has 0 unspecified atom stereocenters. The average molecular weight is 646 g/mol. The third-order valence-corrected chi connectivity index (χ3v) is 9.80. The lowest BCUT2D eigenvalue weighted by molar-refractivity contribution is -0.140. The van der Waals surface area contributed by atoms with E-state index in [2.05, 4.69) is 5.32 Å². The Kier molecular flexibility index (Phi) is 11.8. The minimum Gasteiger partial charge on any atom is -0.354 e. The Hall–Kier alpha value is -4.14. The SMILES string of the molecule is CCCCNC(=O)[C@@H](Cc1ccccc1)N(Cc1ccc(Cl)cc1)C(=O)CN(c1ccc(C)c(C)c1)S(=O)(=O)c1ccccc1. The second kappa shape index (κ2) is 15.7. The van der Waals surface area contributed by atoms with E-state index in [0.29, 0.717) is 17.3 Å². The fourth-order valence-corrected chi connectivity index (χ4v) is 6.53. The zero-order chi connectivity index (χ0) is 32.4. The molecule has 0 aromatic heterocycles. The maximum atomic E-state index is 14.5. The predicted molar refractivity (Wildman–Crippen MR) is 181 cm³/mol. The number of hydrogen-bond acceptors (Lipinski definition) is 4. The number of nitrogens with zero attached hydrogens (tertiary/aromatic N) is 2. The minimum atomic E-state index is -4.15. The zero-order valence-corrected chi connectivity index (χ0v) is 27.5. The first-order chi connectivity index (χ1) is 21.6. The van der Waals surface area contributed by atoms with Crippen molar-refractivity contribution in [2.24, 2.45) is 0 Å². The molecule has 4 rings (SSSR count). The van der Waals surface area contributed by atoms with Gasteiger partial charge in [-0.25, -0.2) is 8.42 Å². The molecule has 236 valence electrons. The Morgan fingerprint density at radius 3 is 2.09 bits per heavy atom. The molecule has 2 amide bonds. The van der Waals surface area contributed by atoms with Gasteiger partial charge < -0.3 is 10.2 Å². The van der Waals surface area contributed by atoms with Gasteiger partial charge in [-0.3, -0.25) is 13.9 Å². The molecule has 0 aliphatic carbocycles. The van der Waals surface area contributed by atoms with Crippen LogP contribution in [0.3, 0.4) is 0 Å². The first-order valence-electron chi connectivity index (χ1n) is 15.1. The highest BCUT2D eigenvalue weighted by Crippen LogP contribution is 2.27. The van der Waals surface area contributed by atoms with Gasteiger partial charge in [0.1, 0.15) is 12.6 Å². The summed E-state index contributed by atoms with van der Waals surface area (Å²) in [5.41, 5.74) is 3.90. The fraction of sp³-hybridized carbons (Fsp3) is 0.278. The number of unbranched alkanes of at least 4 members (excludes halogenated alkanes) is 1. The highest BCUT2D eigenvalue weighted by Gasteiger charge is 2.34. The molecule has 0 saturated heterocycles. The van der Waals surface area contributed by atoms with Gasteiger partial charge in [-0.05, 0) is 78.9 Å². The molecule has 1 N–H and O–H groups in total. The molecular weight excluding hydrogens is 606 g/mol. The lowest BCUT2D eigenvalue weighted by Crippen LogP contribution is -2.53. The summed E-state index contributed by atoms with van der Waals surface area (Å²) in [4.78, 5) is 29.9. The van der Waals surface area contributed by atoms with Gasteiger partial charge >= 0.3 is 0 Å². The maximum absolute atomic E-state index is 14.5. The molecule has 0 aliphatic rings. The van der Waals surface area contributed by atoms with Crippen LogP contribution in [0, 0.1) is 13.8 Å². The van der Waals surface area contributed by atoms with Gasteiger partial charge in [0.25, 0.3) is 10.0 Å². The van der Waals surface area contributed by atoms with Crippen LogP contribution >= 0.6 is 11.6 Å². The molecule has 0 fully saturated rings. The van der Waals surface area contributed by atoms with Crippen LogP contribution in [0.15, 0.2) is 108 Å². The summed E-state index contributed by atoms with van der Waals surface area (Å²) in [6.45, 7) is 5.94. The van der Waals surface area contributed by atoms with E-state index in [-0.39, 0.29) is 23.8 Å². The van der Waals surface area contributed by atoms with Crippen LogP contribution < -0.4 is 9.62 Å². The first kappa shape index (κ1) is 33.7. The number of carbonyl (C=O) groups excluding carboxylic acids is 2. The first-order valence-corrected chi connectivity index (χ1v) is 16.9. The zero-order valence-electron chi connectivity index (χ0n) is 25.9. The second-order valence-corrected chi connectivity index (χ2v) is 13.4.